The highest BCUT2D eigenvalue weighted by Crippen LogP contribution is 2.60. The molecule has 6 atom stereocenters. The Morgan fingerprint density at radius 3 is 2.67 bits per heavy atom. The fourth-order valence-electron chi connectivity index (χ4n) is 6.78. The lowest BCUT2D eigenvalue weighted by molar-refractivity contribution is -0.0124. The maximum Gasteiger partial charge on any atom is 0.119 e. The summed E-state index contributed by atoms with van der Waals surface area (Å²) >= 11 is 10.4. The summed E-state index contributed by atoms with van der Waals surface area (Å²) in [5.41, 5.74) is 4.58. The Balaban J connectivity index is 1.43. The number of rotatable bonds is 3. The van der Waals surface area contributed by atoms with E-state index in [1.807, 2.05) is 0 Å². The Hall–Kier alpha value is -1.19. The number of hydrogen-bond donors (Lipinski definition) is 1. The highest BCUT2D eigenvalue weighted by molar-refractivity contribution is 9.10. The SMILES string of the molecule is COc1ccc2c(c1)CC[C@@H]1[C@@H]2CC[C@]2(C)[C@@H](Nc3ccc(Br)cc3)C[C@@H](Cl)C[C@@H]12. The van der Waals surface area contributed by atoms with Crippen molar-refractivity contribution < 1.29 is 4.74 Å². The summed E-state index contributed by atoms with van der Waals surface area (Å²) in [4.78, 5) is 0. The topological polar surface area (TPSA) is 21.3 Å². The first-order valence-electron chi connectivity index (χ1n) is 11.3. The molecule has 2 fully saturated rings. The molecule has 1 N–H and O–H groups in total. The van der Waals surface area contributed by atoms with E-state index in [2.05, 4.69) is 70.6 Å². The molecule has 0 unspecified atom stereocenters. The van der Waals surface area contributed by atoms with Crippen LogP contribution >= 0.6 is 27.5 Å². The van der Waals surface area contributed by atoms with Crippen LogP contribution in [0.3, 0.4) is 0 Å². The average Bonchev–Trinajstić information content (AvgIpc) is 2.75. The van der Waals surface area contributed by atoms with Crippen molar-refractivity contribution in [2.45, 2.75) is 62.8 Å². The molecule has 2 aromatic carbocycles. The number of nitrogens with one attached hydrogen (secondary N) is 1. The van der Waals surface area contributed by atoms with E-state index in [1.165, 1.54) is 30.5 Å². The first-order chi connectivity index (χ1) is 14.5. The van der Waals surface area contributed by atoms with Crippen LogP contribution in [0.15, 0.2) is 46.9 Å². The summed E-state index contributed by atoms with van der Waals surface area (Å²) < 4.78 is 6.60. The Labute approximate surface area is 193 Å². The lowest BCUT2D eigenvalue weighted by Gasteiger charge is -2.58. The Bertz CT molecular complexity index is 916. The number of ether oxygens (including phenoxy) is 1. The summed E-state index contributed by atoms with van der Waals surface area (Å²) in [6.07, 6.45) is 7.20. The standard InChI is InChI=1S/C26H31BrClNO/c1-26-12-11-22-21-10-8-20(30-2)13-16(21)3-9-23(22)24(26)14-18(28)15-25(26)29-19-6-4-17(27)5-7-19/h4-8,10,13,18,22-25,29H,3,9,11-12,14-15H2,1-2H3/t18-,22+,23+,24-,25-,26-/m0/s1. The van der Waals surface area contributed by atoms with Gasteiger partial charge in [-0.3, -0.25) is 0 Å². The molecule has 0 aliphatic heterocycles. The number of alkyl halides is 1. The molecule has 30 heavy (non-hydrogen) atoms. The van der Waals surface area contributed by atoms with Gasteiger partial charge in [0.05, 0.1) is 7.11 Å². The van der Waals surface area contributed by atoms with Crippen LogP contribution < -0.4 is 10.1 Å². The number of benzene rings is 2. The first-order valence-corrected chi connectivity index (χ1v) is 12.5. The third-order valence-corrected chi connectivity index (χ3v) is 9.24. The normalized spacial score (nSPS) is 35.0. The zero-order chi connectivity index (χ0) is 20.9. The van der Waals surface area contributed by atoms with E-state index in [0.29, 0.717) is 23.3 Å². The van der Waals surface area contributed by atoms with Gasteiger partial charge in [0.15, 0.2) is 0 Å². The van der Waals surface area contributed by atoms with Crippen molar-refractivity contribution in [3.8, 4) is 5.75 Å². The Morgan fingerprint density at radius 1 is 1.10 bits per heavy atom. The monoisotopic (exact) mass is 487 g/mol. The molecular weight excluding hydrogens is 458 g/mol. The second-order valence-corrected chi connectivity index (χ2v) is 11.3. The molecule has 0 spiro atoms. The summed E-state index contributed by atoms with van der Waals surface area (Å²) in [6.45, 7) is 2.54. The van der Waals surface area contributed by atoms with Crippen LogP contribution in [0.2, 0.25) is 0 Å². The van der Waals surface area contributed by atoms with Crippen LogP contribution in [0.25, 0.3) is 0 Å². The van der Waals surface area contributed by atoms with Gasteiger partial charge < -0.3 is 10.1 Å². The number of methoxy groups -OCH3 is 1. The van der Waals surface area contributed by atoms with Crippen LogP contribution in [0.5, 0.6) is 5.75 Å². The molecule has 0 aromatic heterocycles. The van der Waals surface area contributed by atoms with E-state index < -0.39 is 0 Å². The van der Waals surface area contributed by atoms with Crippen LogP contribution in [0.1, 0.15) is 56.1 Å². The number of halogens is 2. The molecule has 3 aliphatic carbocycles. The van der Waals surface area contributed by atoms with Gasteiger partial charge in [0.1, 0.15) is 5.75 Å². The zero-order valence-corrected chi connectivity index (χ0v) is 20.2. The van der Waals surface area contributed by atoms with Gasteiger partial charge in [0.25, 0.3) is 0 Å². The third kappa shape index (κ3) is 3.56. The number of fused-ring (bicyclic) bond motifs is 5. The first kappa shape index (κ1) is 20.7. The van der Waals surface area contributed by atoms with E-state index in [1.54, 1.807) is 12.7 Å². The summed E-state index contributed by atoms with van der Waals surface area (Å²) in [5.74, 6) is 3.08. The summed E-state index contributed by atoms with van der Waals surface area (Å²) in [5, 5.41) is 4.14. The average molecular weight is 489 g/mol. The van der Waals surface area contributed by atoms with Crippen molar-refractivity contribution in [2.24, 2.45) is 17.3 Å². The second kappa shape index (κ2) is 8.06. The predicted molar refractivity (Wildman–Crippen MR) is 129 cm³/mol. The largest absolute Gasteiger partial charge is 0.497 e. The summed E-state index contributed by atoms with van der Waals surface area (Å²) in [7, 11) is 1.76. The molecule has 2 nitrogen and oxygen atoms in total. The maximum atomic E-state index is 6.89. The smallest absolute Gasteiger partial charge is 0.119 e. The lowest BCUT2D eigenvalue weighted by atomic mass is 9.49. The molecule has 0 saturated heterocycles. The molecule has 0 heterocycles. The van der Waals surface area contributed by atoms with Gasteiger partial charge in [0, 0.05) is 21.6 Å². The van der Waals surface area contributed by atoms with E-state index in [-0.39, 0.29) is 5.38 Å². The summed E-state index contributed by atoms with van der Waals surface area (Å²) in [6, 6.07) is 15.8. The van der Waals surface area contributed by atoms with Crippen molar-refractivity contribution in [1.29, 1.82) is 0 Å². The van der Waals surface area contributed by atoms with E-state index in [4.69, 9.17) is 16.3 Å². The minimum Gasteiger partial charge on any atom is -0.497 e. The molecule has 0 radical (unpaired) electrons. The highest BCUT2D eigenvalue weighted by Gasteiger charge is 2.54. The van der Waals surface area contributed by atoms with Crippen LogP contribution in [-0.4, -0.2) is 18.5 Å². The van der Waals surface area contributed by atoms with Crippen LogP contribution in [0.4, 0.5) is 5.69 Å². The van der Waals surface area contributed by atoms with E-state index in [9.17, 15) is 0 Å². The van der Waals surface area contributed by atoms with Crippen molar-refractivity contribution in [3.63, 3.8) is 0 Å². The molecular formula is C26H31BrClNO. The molecule has 2 aromatic rings. The minimum atomic E-state index is 0.257. The van der Waals surface area contributed by atoms with Gasteiger partial charge in [-0.2, -0.15) is 0 Å². The molecule has 2 saturated carbocycles. The van der Waals surface area contributed by atoms with E-state index in [0.717, 1.165) is 35.4 Å². The molecule has 0 amide bonds. The van der Waals surface area contributed by atoms with Crippen molar-refractivity contribution in [2.75, 3.05) is 12.4 Å². The number of aryl methyl sites for hydroxylation is 1. The maximum absolute atomic E-state index is 6.89. The van der Waals surface area contributed by atoms with Crippen LogP contribution in [0, 0.1) is 17.3 Å². The fraction of sp³-hybridized carbons (Fsp3) is 0.538. The second-order valence-electron chi connectivity index (χ2n) is 9.80. The highest BCUT2D eigenvalue weighted by atomic mass is 79.9. The van der Waals surface area contributed by atoms with Gasteiger partial charge in [-0.25, -0.2) is 0 Å². The Kier molecular flexibility index (Phi) is 5.56. The van der Waals surface area contributed by atoms with Crippen LogP contribution in [-0.2, 0) is 6.42 Å². The third-order valence-electron chi connectivity index (χ3n) is 8.35. The van der Waals surface area contributed by atoms with Crippen molar-refractivity contribution in [1.82, 2.24) is 0 Å². The number of anilines is 1. The zero-order valence-electron chi connectivity index (χ0n) is 17.8. The van der Waals surface area contributed by atoms with Crippen molar-refractivity contribution in [3.05, 3.63) is 58.1 Å². The molecule has 160 valence electrons. The van der Waals surface area contributed by atoms with Gasteiger partial charge in [0.2, 0.25) is 0 Å². The molecule has 3 aliphatic rings. The predicted octanol–water partition coefficient (Wildman–Crippen LogP) is 7.40. The molecule has 4 heteroatoms. The minimum absolute atomic E-state index is 0.257. The fourth-order valence-corrected chi connectivity index (χ4v) is 7.41. The van der Waals surface area contributed by atoms with Gasteiger partial charge >= 0.3 is 0 Å². The van der Waals surface area contributed by atoms with Gasteiger partial charge in [-0.15, -0.1) is 11.6 Å². The van der Waals surface area contributed by atoms with Gasteiger partial charge in [-0.1, -0.05) is 28.9 Å². The lowest BCUT2D eigenvalue weighted by Crippen LogP contribution is -2.55. The Morgan fingerprint density at radius 2 is 1.90 bits per heavy atom. The van der Waals surface area contributed by atoms with Gasteiger partial charge in [-0.05, 0) is 109 Å². The molecule has 5 rings (SSSR count). The molecule has 0 bridgehead atoms. The van der Waals surface area contributed by atoms with E-state index >= 15 is 0 Å². The number of hydrogen-bond acceptors (Lipinski definition) is 2. The van der Waals surface area contributed by atoms with Crippen molar-refractivity contribution >= 4 is 33.2 Å². The quantitative estimate of drug-likeness (QED) is 0.454.